The lowest BCUT2D eigenvalue weighted by Crippen LogP contribution is -2.10. The average Bonchev–Trinajstić information content (AvgIpc) is 4.00. The van der Waals surface area contributed by atoms with Gasteiger partial charge in [-0.3, -0.25) is 14.5 Å². The van der Waals surface area contributed by atoms with Crippen molar-refractivity contribution in [3.05, 3.63) is 306 Å². The number of hydrogen-bond donors (Lipinski definition) is 0. The second-order valence-electron chi connectivity index (χ2n) is 20.0. The zero-order valence-corrected chi connectivity index (χ0v) is 42.8. The molecule has 1 aliphatic heterocycles. The van der Waals surface area contributed by atoms with Crippen LogP contribution < -0.4 is 0 Å². The maximum Gasteiger partial charge on any atom is 0.144 e. The molecule has 0 bridgehead atoms. The molecular formula is C72H58N4. The zero-order valence-electron chi connectivity index (χ0n) is 42.8. The van der Waals surface area contributed by atoms with Crippen molar-refractivity contribution in [2.24, 2.45) is 4.99 Å². The smallest absolute Gasteiger partial charge is 0.144 e. The molecule has 1 unspecified atom stereocenters. The maximum atomic E-state index is 4.92. The highest BCUT2D eigenvalue weighted by molar-refractivity contribution is 6.02. The fourth-order valence-corrected chi connectivity index (χ4v) is 10.7. The lowest BCUT2D eigenvalue weighted by Gasteiger charge is -2.18. The van der Waals surface area contributed by atoms with Gasteiger partial charge in [-0.05, 0) is 134 Å². The van der Waals surface area contributed by atoms with Crippen LogP contribution in [0.5, 0.6) is 0 Å². The molecule has 0 saturated heterocycles. The molecule has 0 N–H and O–H groups in total. The second kappa shape index (κ2) is 22.1. The molecule has 2 aromatic heterocycles. The normalized spacial score (nSPS) is 13.1. The van der Waals surface area contributed by atoms with Gasteiger partial charge in [0.2, 0.25) is 0 Å². The Morgan fingerprint density at radius 3 is 1.59 bits per heavy atom. The monoisotopic (exact) mass is 978 g/mol. The lowest BCUT2D eigenvalue weighted by atomic mass is 9.89. The molecular weight excluding hydrogens is 921 g/mol. The molecule has 3 heterocycles. The van der Waals surface area contributed by atoms with E-state index in [1.807, 2.05) is 30.9 Å². The molecule has 9 aromatic carbocycles. The number of imidazole rings is 1. The molecule has 0 radical (unpaired) electrons. The number of para-hydroxylation sites is 1. The lowest BCUT2D eigenvalue weighted by molar-refractivity contribution is 0.874. The Morgan fingerprint density at radius 2 is 0.934 bits per heavy atom. The molecule has 0 fully saturated rings. The Kier molecular flexibility index (Phi) is 13.9. The summed E-state index contributed by atoms with van der Waals surface area (Å²) < 4.78 is 2.15. The van der Waals surface area contributed by atoms with Crippen LogP contribution in [-0.4, -0.2) is 20.2 Å². The minimum absolute atomic E-state index is 0.342. The summed E-state index contributed by atoms with van der Waals surface area (Å²) in [5, 5.41) is 0. The first-order valence-corrected chi connectivity index (χ1v) is 26.6. The number of pyridine rings is 1. The summed E-state index contributed by atoms with van der Waals surface area (Å²) in [6, 6.07) is 86.0. The number of rotatable bonds is 15. The molecule has 12 rings (SSSR count). The summed E-state index contributed by atoms with van der Waals surface area (Å²) >= 11 is 0. The number of aryl methyl sites for hydroxylation is 5. The van der Waals surface area contributed by atoms with E-state index < -0.39 is 0 Å². The van der Waals surface area contributed by atoms with Crippen molar-refractivity contribution in [2.45, 2.75) is 44.9 Å². The molecule has 0 saturated carbocycles. The minimum Gasteiger partial charge on any atom is -0.300 e. The highest BCUT2D eigenvalue weighted by Crippen LogP contribution is 2.37. The molecule has 4 nitrogen and oxygen atoms in total. The molecule has 0 spiro atoms. The summed E-state index contributed by atoms with van der Waals surface area (Å²) in [5.41, 5.74) is 24.1. The van der Waals surface area contributed by atoms with E-state index in [1.54, 1.807) is 0 Å². The summed E-state index contributed by atoms with van der Waals surface area (Å²) in [4.78, 5) is 14.5. The van der Waals surface area contributed by atoms with E-state index in [0.29, 0.717) is 5.92 Å². The van der Waals surface area contributed by atoms with Gasteiger partial charge in [0.1, 0.15) is 5.82 Å². The van der Waals surface area contributed by atoms with Gasteiger partial charge in [-0.25, -0.2) is 4.98 Å². The van der Waals surface area contributed by atoms with E-state index in [2.05, 4.69) is 248 Å². The van der Waals surface area contributed by atoms with Crippen LogP contribution in [0.25, 0.3) is 72.8 Å². The van der Waals surface area contributed by atoms with Gasteiger partial charge in [0.05, 0.1) is 5.69 Å². The Bertz CT molecular complexity index is 3800. The molecule has 4 heteroatoms. The van der Waals surface area contributed by atoms with E-state index in [1.165, 1.54) is 77.9 Å². The molecule has 0 aliphatic carbocycles. The maximum absolute atomic E-state index is 4.92. The van der Waals surface area contributed by atoms with E-state index in [4.69, 9.17) is 15.0 Å². The van der Waals surface area contributed by atoms with Crippen LogP contribution in [0.2, 0.25) is 0 Å². The van der Waals surface area contributed by atoms with Crippen molar-refractivity contribution in [3.63, 3.8) is 0 Å². The van der Waals surface area contributed by atoms with E-state index in [-0.39, 0.29) is 0 Å². The van der Waals surface area contributed by atoms with Gasteiger partial charge < -0.3 is 0 Å². The van der Waals surface area contributed by atoms with Gasteiger partial charge in [0.15, 0.2) is 0 Å². The van der Waals surface area contributed by atoms with Crippen LogP contribution in [0.4, 0.5) is 0 Å². The number of hydrogen-bond acceptors (Lipinski definition) is 3. The fourth-order valence-electron chi connectivity index (χ4n) is 10.7. The molecule has 1 atom stereocenters. The topological polar surface area (TPSA) is 43.1 Å². The predicted molar refractivity (Wildman–Crippen MR) is 316 cm³/mol. The first-order chi connectivity index (χ1) is 37.5. The van der Waals surface area contributed by atoms with Crippen molar-refractivity contribution in [1.82, 2.24) is 14.5 Å². The molecule has 366 valence electrons. The first kappa shape index (κ1) is 47.7. The number of benzene rings is 9. The molecule has 76 heavy (non-hydrogen) atoms. The van der Waals surface area contributed by atoms with Gasteiger partial charge in [0.25, 0.3) is 0 Å². The Hall–Kier alpha value is -9.25. The number of aliphatic imine (C=N–C) groups is 1. The third-order valence-corrected chi connectivity index (χ3v) is 15.0. The van der Waals surface area contributed by atoms with Gasteiger partial charge in [-0.15, -0.1) is 0 Å². The van der Waals surface area contributed by atoms with Crippen LogP contribution in [-0.2, 0) is 25.7 Å². The highest BCUT2D eigenvalue weighted by Gasteiger charge is 2.17. The number of nitrogens with zero attached hydrogens (tertiary/aromatic N) is 4. The SMILES string of the molecule is Cc1cnc(-c2ccc(-c3ccccc3-c3cc(CCc4ccc(C5=NC=CC(c6ccccc6)C5)cc4)cc(CCc4ccc(-c5nccn5-c5ccccc5)cc4)c3)cc2)cc1-c1ccc(-c2ccccc2)cc1. The summed E-state index contributed by atoms with van der Waals surface area (Å²) in [6.07, 6.45) is 14.7. The van der Waals surface area contributed by atoms with Crippen LogP contribution in [0.15, 0.2) is 272 Å². The second-order valence-corrected chi connectivity index (χ2v) is 20.0. The van der Waals surface area contributed by atoms with Gasteiger partial charge >= 0.3 is 0 Å². The van der Waals surface area contributed by atoms with Crippen LogP contribution in [0.3, 0.4) is 0 Å². The quantitative estimate of drug-likeness (QED) is 0.103. The Balaban J connectivity index is 0.803. The van der Waals surface area contributed by atoms with Crippen molar-refractivity contribution in [3.8, 4) is 72.8 Å². The third-order valence-electron chi connectivity index (χ3n) is 15.0. The Morgan fingerprint density at radius 1 is 0.421 bits per heavy atom. The average molecular weight is 979 g/mol. The van der Waals surface area contributed by atoms with Crippen LogP contribution in [0, 0.1) is 6.92 Å². The fraction of sp³-hybridized carbons (Fsp3) is 0.0972. The van der Waals surface area contributed by atoms with Crippen LogP contribution in [0.1, 0.15) is 51.3 Å². The van der Waals surface area contributed by atoms with Gasteiger partial charge in [-0.2, -0.15) is 0 Å². The molecule has 11 aromatic rings. The number of aromatic nitrogens is 3. The highest BCUT2D eigenvalue weighted by atomic mass is 15.1. The van der Waals surface area contributed by atoms with Gasteiger partial charge in [0, 0.05) is 59.7 Å². The Labute approximate surface area is 447 Å². The first-order valence-electron chi connectivity index (χ1n) is 26.6. The summed E-state index contributed by atoms with van der Waals surface area (Å²) in [6.45, 7) is 2.14. The minimum atomic E-state index is 0.342. The zero-order chi connectivity index (χ0) is 51.0. The van der Waals surface area contributed by atoms with Crippen molar-refractivity contribution in [2.75, 3.05) is 0 Å². The van der Waals surface area contributed by atoms with E-state index in [0.717, 1.165) is 71.7 Å². The van der Waals surface area contributed by atoms with Gasteiger partial charge in [-0.1, -0.05) is 224 Å². The van der Waals surface area contributed by atoms with E-state index in [9.17, 15) is 0 Å². The van der Waals surface area contributed by atoms with Crippen LogP contribution >= 0.6 is 0 Å². The largest absolute Gasteiger partial charge is 0.300 e. The third kappa shape index (κ3) is 10.7. The van der Waals surface area contributed by atoms with Crippen molar-refractivity contribution >= 4 is 5.71 Å². The standard InChI is InChI=1S/C72H58N4/c1-51-50-75-71(49-69(51)60-35-33-58(34-36-60)56-13-5-2-6-14-56)62-39-37-59(38-40-62)67-19-11-12-20-68(67)65-46-54(23-21-52-25-29-61(30-26-52)70-48-64(41-42-73-70)57-15-7-3-8-16-57)45-55(47-65)24-22-53-27-31-63(32-28-53)72-74-43-44-76(72)66-17-9-4-10-18-66/h2-20,25-47,49-50,64H,21-24,48H2,1H3. The molecule has 0 amide bonds. The molecule has 1 aliphatic rings. The summed E-state index contributed by atoms with van der Waals surface area (Å²) in [5.74, 6) is 1.28. The van der Waals surface area contributed by atoms with Crippen molar-refractivity contribution < 1.29 is 0 Å². The number of allylic oxidation sites excluding steroid dienone is 1. The predicted octanol–water partition coefficient (Wildman–Crippen LogP) is 17.6. The summed E-state index contributed by atoms with van der Waals surface area (Å²) in [7, 11) is 0. The van der Waals surface area contributed by atoms with E-state index >= 15 is 0 Å². The van der Waals surface area contributed by atoms with Crippen molar-refractivity contribution in [1.29, 1.82) is 0 Å².